The Kier molecular flexibility index (Phi) is 5.09. The first-order chi connectivity index (χ1) is 8.66. The van der Waals surface area contributed by atoms with Crippen molar-refractivity contribution in [3.63, 3.8) is 0 Å². The van der Waals surface area contributed by atoms with Crippen molar-refractivity contribution in [1.29, 1.82) is 0 Å². The maximum atomic E-state index is 12.8. The van der Waals surface area contributed by atoms with E-state index in [9.17, 15) is 8.78 Å². The van der Waals surface area contributed by atoms with E-state index < -0.39 is 6.43 Å². The summed E-state index contributed by atoms with van der Waals surface area (Å²) in [7, 11) is 0. The highest BCUT2D eigenvalue weighted by atomic mass is 79.9. The Labute approximate surface area is 114 Å². The SMILES string of the molecule is FC(F)C[C@@H](c1cccc(Br)c1)N1CCNCC1. The van der Waals surface area contributed by atoms with Crippen LogP contribution in [0.5, 0.6) is 0 Å². The molecule has 1 aromatic rings. The number of piperazine rings is 1. The van der Waals surface area contributed by atoms with Crippen molar-refractivity contribution in [1.82, 2.24) is 10.2 Å². The minimum Gasteiger partial charge on any atom is -0.314 e. The lowest BCUT2D eigenvalue weighted by atomic mass is 10.0. The molecule has 1 aromatic carbocycles. The van der Waals surface area contributed by atoms with Crippen molar-refractivity contribution in [2.24, 2.45) is 0 Å². The highest BCUT2D eigenvalue weighted by Crippen LogP contribution is 2.29. The summed E-state index contributed by atoms with van der Waals surface area (Å²) < 4.78 is 26.5. The van der Waals surface area contributed by atoms with Crippen LogP contribution in [-0.4, -0.2) is 37.5 Å². The molecule has 0 spiro atoms. The minimum absolute atomic E-state index is 0.101. The van der Waals surface area contributed by atoms with E-state index in [0.717, 1.165) is 36.2 Å². The van der Waals surface area contributed by atoms with Gasteiger partial charge in [-0.1, -0.05) is 28.1 Å². The number of nitrogens with zero attached hydrogens (tertiary/aromatic N) is 1. The number of rotatable bonds is 4. The largest absolute Gasteiger partial charge is 0.314 e. The predicted octanol–water partition coefficient (Wildman–Crippen LogP) is 3.05. The summed E-state index contributed by atoms with van der Waals surface area (Å²) in [5, 5.41) is 3.25. The molecule has 18 heavy (non-hydrogen) atoms. The van der Waals surface area contributed by atoms with E-state index in [1.807, 2.05) is 24.3 Å². The quantitative estimate of drug-likeness (QED) is 0.918. The second-order valence-corrected chi connectivity index (χ2v) is 5.40. The molecule has 0 aromatic heterocycles. The van der Waals surface area contributed by atoms with Gasteiger partial charge in [-0.15, -0.1) is 0 Å². The number of nitrogens with one attached hydrogen (secondary N) is 1. The van der Waals surface area contributed by atoms with Crippen LogP contribution in [0.1, 0.15) is 18.0 Å². The van der Waals surface area contributed by atoms with E-state index in [1.54, 1.807) is 0 Å². The Morgan fingerprint density at radius 1 is 1.28 bits per heavy atom. The van der Waals surface area contributed by atoms with Gasteiger partial charge in [-0.2, -0.15) is 0 Å². The molecule has 1 heterocycles. The van der Waals surface area contributed by atoms with Crippen molar-refractivity contribution >= 4 is 15.9 Å². The Bertz CT molecular complexity index is 381. The molecule has 0 unspecified atom stereocenters. The number of halogens is 3. The van der Waals surface area contributed by atoms with E-state index in [1.165, 1.54) is 0 Å². The van der Waals surface area contributed by atoms with Crippen LogP contribution in [0.4, 0.5) is 8.78 Å². The van der Waals surface area contributed by atoms with Crippen LogP contribution in [0.3, 0.4) is 0 Å². The van der Waals surface area contributed by atoms with Gasteiger partial charge in [-0.3, -0.25) is 4.90 Å². The molecule has 1 N–H and O–H groups in total. The predicted molar refractivity (Wildman–Crippen MR) is 71.9 cm³/mol. The average Bonchev–Trinajstić information content (AvgIpc) is 2.37. The Hall–Kier alpha value is -0.520. The van der Waals surface area contributed by atoms with Gasteiger partial charge in [0.25, 0.3) is 0 Å². The van der Waals surface area contributed by atoms with Crippen LogP contribution >= 0.6 is 15.9 Å². The number of benzene rings is 1. The van der Waals surface area contributed by atoms with Gasteiger partial charge in [0.05, 0.1) is 0 Å². The maximum Gasteiger partial charge on any atom is 0.240 e. The van der Waals surface area contributed by atoms with Gasteiger partial charge < -0.3 is 5.32 Å². The molecule has 2 rings (SSSR count). The molecule has 0 bridgehead atoms. The molecule has 0 saturated carbocycles. The molecule has 100 valence electrons. The van der Waals surface area contributed by atoms with Gasteiger partial charge in [-0.25, -0.2) is 8.78 Å². The lowest BCUT2D eigenvalue weighted by Gasteiger charge is -2.35. The molecule has 1 saturated heterocycles. The van der Waals surface area contributed by atoms with Gasteiger partial charge >= 0.3 is 0 Å². The monoisotopic (exact) mass is 318 g/mol. The summed E-state index contributed by atoms with van der Waals surface area (Å²) >= 11 is 3.40. The molecule has 1 aliphatic heterocycles. The molecule has 1 atom stereocenters. The molecule has 2 nitrogen and oxygen atoms in total. The van der Waals surface area contributed by atoms with E-state index in [4.69, 9.17) is 0 Å². The van der Waals surface area contributed by atoms with Crippen LogP contribution in [0.15, 0.2) is 28.7 Å². The summed E-state index contributed by atoms with van der Waals surface area (Å²) in [6.45, 7) is 3.38. The molecule has 1 fully saturated rings. The molecule has 1 aliphatic rings. The summed E-state index contributed by atoms with van der Waals surface area (Å²) in [6.07, 6.45) is -2.37. The standard InChI is InChI=1S/C13H17BrF2N2/c14-11-3-1-2-10(8-11)12(9-13(15)16)18-6-4-17-5-7-18/h1-3,8,12-13,17H,4-7,9H2/t12-/m0/s1. The minimum atomic E-state index is -2.27. The van der Waals surface area contributed by atoms with Crippen molar-refractivity contribution in [2.45, 2.75) is 18.9 Å². The van der Waals surface area contributed by atoms with Crippen LogP contribution in [0.25, 0.3) is 0 Å². The Morgan fingerprint density at radius 3 is 2.61 bits per heavy atom. The van der Waals surface area contributed by atoms with Crippen LogP contribution in [0, 0.1) is 0 Å². The average molecular weight is 319 g/mol. The summed E-state index contributed by atoms with van der Waals surface area (Å²) in [5.41, 5.74) is 0.964. The van der Waals surface area contributed by atoms with Crippen LogP contribution in [0.2, 0.25) is 0 Å². The zero-order valence-corrected chi connectivity index (χ0v) is 11.7. The topological polar surface area (TPSA) is 15.3 Å². The van der Waals surface area contributed by atoms with E-state index in [2.05, 4.69) is 26.1 Å². The molecular formula is C13H17BrF2N2. The number of hydrogen-bond acceptors (Lipinski definition) is 2. The Balaban J connectivity index is 2.18. The fraction of sp³-hybridized carbons (Fsp3) is 0.538. The summed E-state index contributed by atoms with van der Waals surface area (Å²) in [4.78, 5) is 2.14. The Morgan fingerprint density at radius 2 is 2.00 bits per heavy atom. The van der Waals surface area contributed by atoms with Gasteiger partial charge in [0.1, 0.15) is 0 Å². The van der Waals surface area contributed by atoms with Gasteiger partial charge in [0, 0.05) is 43.1 Å². The first-order valence-electron chi connectivity index (χ1n) is 6.15. The fourth-order valence-electron chi connectivity index (χ4n) is 2.37. The zero-order chi connectivity index (χ0) is 13.0. The normalized spacial score (nSPS) is 19.1. The highest BCUT2D eigenvalue weighted by molar-refractivity contribution is 9.10. The van der Waals surface area contributed by atoms with Crippen LogP contribution < -0.4 is 5.32 Å². The summed E-state index contributed by atoms with van der Waals surface area (Å²) in [5.74, 6) is 0. The number of alkyl halides is 2. The first-order valence-corrected chi connectivity index (χ1v) is 6.94. The number of hydrogen-bond donors (Lipinski definition) is 1. The smallest absolute Gasteiger partial charge is 0.240 e. The fourth-order valence-corrected chi connectivity index (χ4v) is 2.79. The summed E-state index contributed by atoms with van der Waals surface area (Å²) in [6, 6.07) is 7.50. The van der Waals surface area contributed by atoms with Crippen molar-refractivity contribution in [3.8, 4) is 0 Å². The lowest BCUT2D eigenvalue weighted by molar-refractivity contribution is 0.0739. The third-order valence-electron chi connectivity index (χ3n) is 3.23. The third-order valence-corrected chi connectivity index (χ3v) is 3.72. The third kappa shape index (κ3) is 3.73. The molecule has 5 heteroatoms. The first kappa shape index (κ1) is 13.9. The molecule has 0 aliphatic carbocycles. The van der Waals surface area contributed by atoms with Crippen molar-refractivity contribution in [3.05, 3.63) is 34.3 Å². The van der Waals surface area contributed by atoms with E-state index >= 15 is 0 Å². The highest BCUT2D eigenvalue weighted by Gasteiger charge is 2.25. The van der Waals surface area contributed by atoms with Gasteiger partial charge in [0.15, 0.2) is 0 Å². The van der Waals surface area contributed by atoms with Gasteiger partial charge in [0.2, 0.25) is 6.43 Å². The van der Waals surface area contributed by atoms with Crippen molar-refractivity contribution < 1.29 is 8.78 Å². The lowest BCUT2D eigenvalue weighted by Crippen LogP contribution is -2.45. The zero-order valence-electron chi connectivity index (χ0n) is 10.1. The van der Waals surface area contributed by atoms with E-state index in [-0.39, 0.29) is 12.5 Å². The van der Waals surface area contributed by atoms with Crippen molar-refractivity contribution in [2.75, 3.05) is 26.2 Å². The molecule has 0 radical (unpaired) electrons. The van der Waals surface area contributed by atoms with Gasteiger partial charge in [-0.05, 0) is 17.7 Å². The maximum absolute atomic E-state index is 12.8. The second kappa shape index (κ2) is 6.59. The molecule has 0 amide bonds. The molecular weight excluding hydrogens is 302 g/mol. The second-order valence-electron chi connectivity index (χ2n) is 4.48. The van der Waals surface area contributed by atoms with E-state index in [0.29, 0.717) is 0 Å². The van der Waals surface area contributed by atoms with Crippen LogP contribution in [-0.2, 0) is 0 Å².